The van der Waals surface area contributed by atoms with Crippen LogP contribution in [0.2, 0.25) is 0 Å². The average Bonchev–Trinajstić information content (AvgIpc) is 3.84. The number of hydrogen-bond acceptors (Lipinski definition) is 14. The topological polar surface area (TPSA) is 175 Å². The molecule has 0 spiro atoms. The normalized spacial score (nSPS) is 19.2. The first-order valence-corrected chi connectivity index (χ1v) is 24.0. The second-order valence-corrected chi connectivity index (χ2v) is 18.8. The largest absolute Gasteiger partial charge is 0.497 e. The first-order valence-electron chi connectivity index (χ1n) is 22.8. The predicted molar refractivity (Wildman–Crippen MR) is 262 cm³/mol. The summed E-state index contributed by atoms with van der Waals surface area (Å²) >= 11 is 0. The molecule has 2 fully saturated rings. The Balaban J connectivity index is 1.31. The molecule has 2 aliphatic heterocycles. The van der Waals surface area contributed by atoms with Crippen molar-refractivity contribution in [2.24, 2.45) is 0 Å². The molecule has 4 heterocycles. The van der Waals surface area contributed by atoms with Crippen LogP contribution in [0.25, 0.3) is 0 Å². The number of nitrogens with one attached hydrogen (secondary N) is 1. The van der Waals surface area contributed by atoms with Gasteiger partial charge in [-0.05, 0) is 93.8 Å². The van der Waals surface area contributed by atoms with Crippen LogP contribution in [0.3, 0.4) is 0 Å². The molecular weight excluding hydrogens is 896 g/mol. The van der Waals surface area contributed by atoms with E-state index in [0.717, 1.165) is 16.7 Å². The van der Waals surface area contributed by atoms with Crippen LogP contribution < -0.4 is 25.4 Å². The lowest BCUT2D eigenvalue weighted by atomic mass is 9.79. The summed E-state index contributed by atoms with van der Waals surface area (Å²) in [6, 6.07) is 37.5. The predicted octanol–water partition coefficient (Wildman–Crippen LogP) is 8.44. The van der Waals surface area contributed by atoms with Crippen LogP contribution in [0.4, 0.5) is 11.6 Å². The number of anilines is 2. The Bertz CT molecular complexity index is 2710. The summed E-state index contributed by atoms with van der Waals surface area (Å²) in [6.07, 6.45) is 3.05. The van der Waals surface area contributed by atoms with Crippen molar-refractivity contribution in [3.05, 3.63) is 172 Å². The minimum Gasteiger partial charge on any atom is -0.497 e. The molecule has 1 unspecified atom stereocenters. The Kier molecular flexibility index (Phi) is 15.1. The number of benzene rings is 4. The van der Waals surface area contributed by atoms with Gasteiger partial charge in [0.05, 0.1) is 46.5 Å². The van der Waals surface area contributed by atoms with Crippen molar-refractivity contribution in [1.82, 2.24) is 24.2 Å². The van der Waals surface area contributed by atoms with Crippen molar-refractivity contribution in [2.75, 3.05) is 44.2 Å². The van der Waals surface area contributed by atoms with E-state index in [9.17, 15) is 14.9 Å². The Morgan fingerprint density at radius 3 is 2.09 bits per heavy atom. The van der Waals surface area contributed by atoms with Gasteiger partial charge in [0.25, 0.3) is 14.4 Å². The summed E-state index contributed by atoms with van der Waals surface area (Å²) in [4.78, 5) is 43.3. The van der Waals surface area contributed by atoms with E-state index in [1.807, 2.05) is 91.0 Å². The molecule has 5 atom stereocenters. The number of nitriles is 1. The molecule has 0 aliphatic carbocycles. The molecule has 2 aliphatic rings. The van der Waals surface area contributed by atoms with Crippen LogP contribution in [0.15, 0.2) is 139 Å². The maximum atomic E-state index is 14.5. The molecule has 8 rings (SSSR count). The van der Waals surface area contributed by atoms with Crippen LogP contribution >= 0.6 is 8.53 Å². The molecule has 1 amide bonds. The lowest BCUT2D eigenvalue weighted by Crippen LogP contribution is -2.52. The van der Waals surface area contributed by atoms with E-state index in [4.69, 9.17) is 33.0 Å². The molecule has 0 saturated carbocycles. The van der Waals surface area contributed by atoms with Gasteiger partial charge in [0.1, 0.15) is 52.8 Å². The maximum Gasteiger partial charge on any atom is 0.351 e. The maximum absolute atomic E-state index is 14.5. The lowest BCUT2D eigenvalue weighted by Gasteiger charge is -2.42. The van der Waals surface area contributed by atoms with E-state index in [2.05, 4.69) is 58.6 Å². The van der Waals surface area contributed by atoms with Crippen LogP contribution in [0.1, 0.15) is 73.0 Å². The molecule has 6 aromatic rings. The van der Waals surface area contributed by atoms with Crippen molar-refractivity contribution in [2.45, 2.75) is 82.7 Å². The minimum absolute atomic E-state index is 0.0249. The number of morpholine rings is 1. The first kappa shape index (κ1) is 48.9. The fourth-order valence-electron chi connectivity index (χ4n) is 9.25. The summed E-state index contributed by atoms with van der Waals surface area (Å²) in [5.74, 6) is 1.64. The Hall–Kier alpha value is -6.57. The Morgan fingerprint density at radius 1 is 0.913 bits per heavy atom. The number of nitrogens with zero attached hydrogens (tertiary/aromatic N) is 7. The molecular formula is C52H57N8O8P. The van der Waals surface area contributed by atoms with Crippen molar-refractivity contribution in [1.29, 1.82) is 5.26 Å². The van der Waals surface area contributed by atoms with E-state index in [0.29, 0.717) is 28.4 Å². The zero-order valence-electron chi connectivity index (χ0n) is 39.8. The van der Waals surface area contributed by atoms with Gasteiger partial charge in [0.2, 0.25) is 0 Å². The van der Waals surface area contributed by atoms with Gasteiger partial charge in [-0.25, -0.2) is 19.4 Å². The first-order chi connectivity index (χ1) is 33.4. The molecule has 2 saturated heterocycles. The molecule has 358 valence electrons. The molecule has 16 nitrogen and oxygen atoms in total. The van der Waals surface area contributed by atoms with E-state index < -0.39 is 49.7 Å². The summed E-state index contributed by atoms with van der Waals surface area (Å²) in [5.41, 5.74) is 0.132. The van der Waals surface area contributed by atoms with Crippen LogP contribution in [0, 0.1) is 18.3 Å². The fraction of sp³-hybridized carbons (Fsp3) is 0.346. The van der Waals surface area contributed by atoms with Gasteiger partial charge in [-0.3, -0.25) is 9.36 Å². The van der Waals surface area contributed by atoms with Gasteiger partial charge < -0.3 is 38.2 Å². The van der Waals surface area contributed by atoms with E-state index >= 15 is 0 Å². The van der Waals surface area contributed by atoms with Gasteiger partial charge in [-0.15, -0.1) is 0 Å². The number of carbonyl (C=O) groups is 1. The monoisotopic (exact) mass is 952 g/mol. The number of ether oxygens (including phenoxy) is 4. The molecule has 69 heavy (non-hydrogen) atoms. The van der Waals surface area contributed by atoms with Crippen LogP contribution in [-0.4, -0.2) is 93.9 Å². The zero-order chi connectivity index (χ0) is 48.7. The fourth-order valence-corrected chi connectivity index (χ4v) is 11.1. The number of methoxy groups -OCH3 is 2. The highest BCUT2D eigenvalue weighted by Gasteiger charge is 2.67. The van der Waals surface area contributed by atoms with Gasteiger partial charge >= 0.3 is 5.69 Å². The number of aryl methyl sites for hydroxylation is 1. The third-order valence-electron chi connectivity index (χ3n) is 12.4. The molecule has 1 N–H and O–H groups in total. The standard InChI is InChI=1S/C52H57N8O8P/c1-35(2)60(36(3)4)69(66-30-14-28-53)68-46-45-49(58-31-37(5)47(57-50(58)62)56-48(61)38-15-10-8-11-16-38)67-51(46,32-59(45)44-27-29-54-34-55-44)33-65-52(39-17-12-9-13-18-39,40-19-23-42(63-6)24-20-40)41-21-25-43(64-7)26-22-41/h8-13,15-27,29,31,34-36,45-46,49H,14,30,32-33H2,1-7H3,(H,56,57,61,62)/t45-,46+,49-,51-,69?/m1/s1. The van der Waals surface area contributed by atoms with Crippen molar-refractivity contribution in [3.8, 4) is 17.6 Å². The number of rotatable bonds is 20. The molecule has 2 bridgehead atoms. The van der Waals surface area contributed by atoms with Crippen LogP contribution in [-0.2, 0) is 24.1 Å². The number of carbonyl (C=O) groups excluding carboxylic acids is 1. The second-order valence-electron chi connectivity index (χ2n) is 17.4. The van der Waals surface area contributed by atoms with Gasteiger partial charge in [0, 0.05) is 35.6 Å². The zero-order valence-corrected chi connectivity index (χ0v) is 40.7. The average molecular weight is 953 g/mol. The van der Waals surface area contributed by atoms with Crippen molar-refractivity contribution >= 4 is 26.1 Å². The highest BCUT2D eigenvalue weighted by Crippen LogP contribution is 2.57. The van der Waals surface area contributed by atoms with Crippen LogP contribution in [0.5, 0.6) is 11.5 Å². The number of aromatic nitrogens is 4. The van der Waals surface area contributed by atoms with Gasteiger partial charge in [0.15, 0.2) is 6.23 Å². The Labute approximate surface area is 403 Å². The second kappa shape index (κ2) is 21.4. The molecule has 0 radical (unpaired) electrons. The summed E-state index contributed by atoms with van der Waals surface area (Å²) in [6.45, 7) is 10.3. The number of amides is 1. The highest BCUT2D eigenvalue weighted by molar-refractivity contribution is 7.44. The smallest absolute Gasteiger partial charge is 0.351 e. The third-order valence-corrected chi connectivity index (χ3v) is 14.5. The summed E-state index contributed by atoms with van der Waals surface area (Å²) in [7, 11) is 1.38. The van der Waals surface area contributed by atoms with Gasteiger partial charge in [-0.2, -0.15) is 10.2 Å². The van der Waals surface area contributed by atoms with E-state index in [1.54, 1.807) is 57.8 Å². The highest BCUT2D eigenvalue weighted by atomic mass is 31.2. The summed E-state index contributed by atoms with van der Waals surface area (Å²) < 4.78 is 43.9. The lowest BCUT2D eigenvalue weighted by molar-refractivity contribution is -0.157. The molecule has 17 heteroatoms. The van der Waals surface area contributed by atoms with E-state index in [-0.39, 0.29) is 44.1 Å². The van der Waals surface area contributed by atoms with Gasteiger partial charge in [-0.1, -0.05) is 72.8 Å². The molecule has 4 aromatic carbocycles. The number of hydrogen-bond donors (Lipinski definition) is 1. The Morgan fingerprint density at radius 2 is 1.52 bits per heavy atom. The third kappa shape index (κ3) is 9.98. The minimum atomic E-state index is -1.87. The SMILES string of the molecule is COc1ccc(C(OC[C@@]23CN(c4ccncn4)[C@@H]([C@H](n4cc(C)c(NC(=O)c5ccccc5)nc4=O)O2)[C@@H]3OP(OCCC#N)N(C(C)C)C(C)C)(c2ccccc2)c2ccc(OC)cc2)cc1. The number of fused-ring (bicyclic) bond motifs is 2. The van der Waals surface area contributed by atoms with Crippen molar-refractivity contribution < 1.29 is 32.8 Å². The summed E-state index contributed by atoms with van der Waals surface area (Å²) in [5, 5.41) is 12.4. The quantitative estimate of drug-likeness (QED) is 0.0438. The van der Waals surface area contributed by atoms with Crippen molar-refractivity contribution in [3.63, 3.8) is 0 Å². The molecule has 2 aromatic heterocycles. The van der Waals surface area contributed by atoms with E-state index in [1.165, 1.54) is 10.9 Å².